The molecule has 0 bridgehead atoms. The SMILES string of the molecule is COc1ccc(C(=O)Nc2cc(-c3ccccn3)[nH]n2)cc1. The third kappa shape index (κ3) is 2.95. The predicted octanol–water partition coefficient (Wildman–Crippen LogP) is 2.73. The Morgan fingerprint density at radius 1 is 1.18 bits per heavy atom. The largest absolute Gasteiger partial charge is 0.497 e. The molecular weight excluding hydrogens is 280 g/mol. The molecule has 0 aliphatic heterocycles. The molecule has 3 rings (SSSR count). The van der Waals surface area contributed by atoms with E-state index in [9.17, 15) is 4.79 Å². The molecule has 110 valence electrons. The molecular formula is C16H14N4O2. The Balaban J connectivity index is 1.73. The number of amides is 1. The fourth-order valence-corrected chi connectivity index (χ4v) is 1.97. The van der Waals surface area contributed by atoms with Gasteiger partial charge in [0.1, 0.15) is 5.75 Å². The van der Waals surface area contributed by atoms with Gasteiger partial charge in [-0.05, 0) is 36.4 Å². The van der Waals surface area contributed by atoms with Crippen LogP contribution in [0.3, 0.4) is 0 Å². The normalized spacial score (nSPS) is 10.2. The second kappa shape index (κ2) is 6.09. The van der Waals surface area contributed by atoms with Crippen molar-refractivity contribution >= 4 is 11.7 Å². The van der Waals surface area contributed by atoms with Gasteiger partial charge in [-0.3, -0.25) is 14.9 Å². The summed E-state index contributed by atoms with van der Waals surface area (Å²) in [6.07, 6.45) is 1.70. The number of hydrogen-bond acceptors (Lipinski definition) is 4. The number of benzene rings is 1. The molecule has 3 aromatic rings. The zero-order valence-electron chi connectivity index (χ0n) is 11.9. The Morgan fingerprint density at radius 3 is 2.68 bits per heavy atom. The van der Waals surface area contributed by atoms with Crippen molar-refractivity contribution in [3.63, 3.8) is 0 Å². The van der Waals surface area contributed by atoms with Gasteiger partial charge in [-0.2, -0.15) is 5.10 Å². The summed E-state index contributed by atoms with van der Waals surface area (Å²) in [5, 5.41) is 9.66. The van der Waals surface area contributed by atoms with E-state index in [-0.39, 0.29) is 5.91 Å². The maximum Gasteiger partial charge on any atom is 0.256 e. The van der Waals surface area contributed by atoms with Gasteiger partial charge in [-0.25, -0.2) is 0 Å². The first-order valence-corrected chi connectivity index (χ1v) is 6.68. The van der Waals surface area contributed by atoms with Gasteiger partial charge < -0.3 is 10.1 Å². The molecule has 22 heavy (non-hydrogen) atoms. The van der Waals surface area contributed by atoms with Gasteiger partial charge in [-0.15, -0.1) is 0 Å². The maximum atomic E-state index is 12.1. The van der Waals surface area contributed by atoms with E-state index < -0.39 is 0 Å². The minimum Gasteiger partial charge on any atom is -0.497 e. The van der Waals surface area contributed by atoms with Crippen molar-refractivity contribution in [2.45, 2.75) is 0 Å². The molecule has 0 aliphatic carbocycles. The minimum atomic E-state index is -0.235. The minimum absolute atomic E-state index is 0.235. The molecule has 2 N–H and O–H groups in total. The van der Waals surface area contributed by atoms with Gasteiger partial charge in [0.15, 0.2) is 5.82 Å². The van der Waals surface area contributed by atoms with Crippen LogP contribution in [0.15, 0.2) is 54.7 Å². The zero-order valence-corrected chi connectivity index (χ0v) is 11.9. The molecule has 6 nitrogen and oxygen atoms in total. The van der Waals surface area contributed by atoms with Crippen LogP contribution in [0.1, 0.15) is 10.4 Å². The van der Waals surface area contributed by atoms with E-state index in [4.69, 9.17) is 4.74 Å². The molecule has 2 aromatic heterocycles. The van der Waals surface area contributed by atoms with E-state index in [1.807, 2.05) is 18.2 Å². The summed E-state index contributed by atoms with van der Waals surface area (Å²) in [4.78, 5) is 16.4. The van der Waals surface area contributed by atoms with Crippen molar-refractivity contribution < 1.29 is 9.53 Å². The highest BCUT2D eigenvalue weighted by molar-refractivity contribution is 6.04. The van der Waals surface area contributed by atoms with E-state index in [0.717, 1.165) is 11.4 Å². The predicted molar refractivity (Wildman–Crippen MR) is 82.8 cm³/mol. The highest BCUT2D eigenvalue weighted by Gasteiger charge is 2.10. The monoisotopic (exact) mass is 294 g/mol. The van der Waals surface area contributed by atoms with Crippen LogP contribution in [0, 0.1) is 0 Å². The Hall–Kier alpha value is -3.15. The molecule has 0 radical (unpaired) electrons. The van der Waals surface area contributed by atoms with Crippen molar-refractivity contribution in [1.82, 2.24) is 15.2 Å². The number of nitrogens with zero attached hydrogens (tertiary/aromatic N) is 2. The van der Waals surface area contributed by atoms with E-state index >= 15 is 0 Å². The van der Waals surface area contributed by atoms with Crippen LogP contribution in [0.5, 0.6) is 5.75 Å². The zero-order chi connectivity index (χ0) is 15.4. The number of methoxy groups -OCH3 is 1. The first-order chi connectivity index (χ1) is 10.8. The van der Waals surface area contributed by atoms with E-state index in [2.05, 4.69) is 20.5 Å². The van der Waals surface area contributed by atoms with Crippen molar-refractivity contribution in [3.05, 3.63) is 60.3 Å². The number of hydrogen-bond donors (Lipinski definition) is 2. The summed E-state index contributed by atoms with van der Waals surface area (Å²) >= 11 is 0. The maximum absolute atomic E-state index is 12.1. The van der Waals surface area contributed by atoms with Gasteiger partial charge in [0.2, 0.25) is 0 Å². The molecule has 0 spiro atoms. The number of anilines is 1. The number of H-pyrrole nitrogens is 1. The topological polar surface area (TPSA) is 79.9 Å². The van der Waals surface area contributed by atoms with Crippen LogP contribution in [-0.2, 0) is 0 Å². The fourth-order valence-electron chi connectivity index (χ4n) is 1.97. The highest BCUT2D eigenvalue weighted by Crippen LogP contribution is 2.18. The number of aromatic amines is 1. The Kier molecular flexibility index (Phi) is 3.82. The average molecular weight is 294 g/mol. The number of aromatic nitrogens is 3. The van der Waals surface area contributed by atoms with Gasteiger partial charge >= 0.3 is 0 Å². The lowest BCUT2D eigenvalue weighted by atomic mass is 10.2. The van der Waals surface area contributed by atoms with Gasteiger partial charge in [0, 0.05) is 17.8 Å². The van der Waals surface area contributed by atoms with Crippen molar-refractivity contribution in [3.8, 4) is 17.1 Å². The molecule has 1 aromatic carbocycles. The second-order valence-corrected chi connectivity index (χ2v) is 4.56. The second-order valence-electron chi connectivity index (χ2n) is 4.56. The molecule has 2 heterocycles. The molecule has 0 atom stereocenters. The van der Waals surface area contributed by atoms with Crippen molar-refractivity contribution in [2.24, 2.45) is 0 Å². The van der Waals surface area contributed by atoms with Gasteiger partial charge in [0.25, 0.3) is 5.91 Å². The summed E-state index contributed by atoms with van der Waals surface area (Å²) in [5.41, 5.74) is 2.04. The van der Waals surface area contributed by atoms with Crippen molar-refractivity contribution in [1.29, 1.82) is 0 Å². The molecule has 6 heteroatoms. The Labute approximate surface area is 127 Å². The van der Waals surface area contributed by atoms with E-state index in [0.29, 0.717) is 17.1 Å². The average Bonchev–Trinajstić information content (AvgIpc) is 3.04. The number of nitrogens with one attached hydrogen (secondary N) is 2. The lowest BCUT2D eigenvalue weighted by Crippen LogP contribution is -2.11. The van der Waals surface area contributed by atoms with Crippen LogP contribution >= 0.6 is 0 Å². The molecule has 0 fully saturated rings. The van der Waals surface area contributed by atoms with Crippen LogP contribution in [0.2, 0.25) is 0 Å². The van der Waals surface area contributed by atoms with E-state index in [1.165, 1.54) is 0 Å². The lowest BCUT2D eigenvalue weighted by molar-refractivity contribution is 0.102. The summed E-state index contributed by atoms with van der Waals surface area (Å²) in [7, 11) is 1.58. The molecule has 0 aliphatic rings. The smallest absolute Gasteiger partial charge is 0.256 e. The number of carbonyl (C=O) groups excluding carboxylic acids is 1. The van der Waals surface area contributed by atoms with Crippen LogP contribution in [0.25, 0.3) is 11.4 Å². The van der Waals surface area contributed by atoms with Gasteiger partial charge in [-0.1, -0.05) is 6.07 Å². The molecule has 0 saturated heterocycles. The summed E-state index contributed by atoms with van der Waals surface area (Å²) in [6, 6.07) is 14.2. The first-order valence-electron chi connectivity index (χ1n) is 6.68. The summed E-state index contributed by atoms with van der Waals surface area (Å²) < 4.78 is 5.06. The fraction of sp³-hybridized carbons (Fsp3) is 0.0625. The number of ether oxygens (including phenoxy) is 1. The third-order valence-corrected chi connectivity index (χ3v) is 3.11. The highest BCUT2D eigenvalue weighted by atomic mass is 16.5. The molecule has 1 amide bonds. The molecule has 0 unspecified atom stereocenters. The Morgan fingerprint density at radius 2 is 2.00 bits per heavy atom. The van der Waals surface area contributed by atoms with Crippen LogP contribution < -0.4 is 10.1 Å². The van der Waals surface area contributed by atoms with Crippen LogP contribution in [0.4, 0.5) is 5.82 Å². The van der Waals surface area contributed by atoms with Gasteiger partial charge in [0.05, 0.1) is 18.5 Å². The standard InChI is InChI=1S/C16H14N4O2/c1-22-12-7-5-11(6-8-12)16(21)18-15-10-14(19-20-15)13-4-2-3-9-17-13/h2-10H,1H3,(H2,18,19,20,21). The Bertz CT molecular complexity index is 766. The third-order valence-electron chi connectivity index (χ3n) is 3.11. The number of pyridine rings is 1. The lowest BCUT2D eigenvalue weighted by Gasteiger charge is -2.03. The number of rotatable bonds is 4. The van der Waals surface area contributed by atoms with Crippen LogP contribution in [-0.4, -0.2) is 28.2 Å². The number of carbonyl (C=O) groups is 1. The van der Waals surface area contributed by atoms with E-state index in [1.54, 1.807) is 43.6 Å². The van der Waals surface area contributed by atoms with Crippen molar-refractivity contribution in [2.75, 3.05) is 12.4 Å². The quantitative estimate of drug-likeness (QED) is 0.775. The summed E-state index contributed by atoms with van der Waals surface area (Å²) in [5.74, 6) is 0.914. The first kappa shape index (κ1) is 13.8. The molecule has 0 saturated carbocycles. The summed E-state index contributed by atoms with van der Waals surface area (Å²) in [6.45, 7) is 0.